The topological polar surface area (TPSA) is 134 Å². The second kappa shape index (κ2) is 8.52. The van der Waals surface area contributed by atoms with E-state index in [2.05, 4.69) is 10.8 Å². The molecule has 2 aromatic rings. The van der Waals surface area contributed by atoms with Gasteiger partial charge in [0.2, 0.25) is 0 Å². The summed E-state index contributed by atoms with van der Waals surface area (Å²) in [6, 6.07) is 13.3. The Labute approximate surface area is 186 Å². The summed E-state index contributed by atoms with van der Waals surface area (Å²) in [5.41, 5.74) is 1.71. The highest BCUT2D eigenvalue weighted by molar-refractivity contribution is 7.92. The Balaban J connectivity index is 1.72. The first kappa shape index (κ1) is 21.7. The summed E-state index contributed by atoms with van der Waals surface area (Å²) >= 11 is 0. The number of aromatic carboxylic acids is 1. The molecule has 4 rings (SSSR count). The summed E-state index contributed by atoms with van der Waals surface area (Å²) in [7, 11) is -4.11. The van der Waals surface area contributed by atoms with Crippen LogP contribution in [0.1, 0.15) is 53.1 Å². The molecule has 2 aliphatic rings. The van der Waals surface area contributed by atoms with E-state index in [0.29, 0.717) is 42.7 Å². The van der Waals surface area contributed by atoms with E-state index < -0.39 is 16.0 Å². The Kier molecular flexibility index (Phi) is 5.77. The molecule has 1 aliphatic heterocycles. The van der Waals surface area contributed by atoms with Gasteiger partial charge in [0.05, 0.1) is 39.5 Å². The van der Waals surface area contributed by atoms with E-state index in [1.54, 1.807) is 18.2 Å². The number of hydrogen-bond donors (Lipinski definition) is 2. The molecule has 0 atom stereocenters. The van der Waals surface area contributed by atoms with Crippen molar-refractivity contribution in [2.45, 2.75) is 36.5 Å². The minimum Gasteiger partial charge on any atom is -0.478 e. The third kappa shape index (κ3) is 4.39. The van der Waals surface area contributed by atoms with E-state index in [1.165, 1.54) is 18.2 Å². The molecule has 0 unspecified atom stereocenters. The van der Waals surface area contributed by atoms with Gasteiger partial charge in [-0.15, -0.1) is 0 Å². The molecular formula is C23H22N4O4S. The van der Waals surface area contributed by atoms with E-state index in [9.17, 15) is 23.6 Å². The molecule has 0 amide bonds. The number of nitrogens with zero attached hydrogens (tertiary/aromatic N) is 3. The number of anilines is 2. The van der Waals surface area contributed by atoms with Gasteiger partial charge in [-0.25, -0.2) is 13.2 Å². The maximum atomic E-state index is 13.4. The number of nitrogens with one attached hydrogen (secondary N) is 1. The SMILES string of the molecule is N#Cc1ccc(N2CCC(C#N)CC2)c(NS(=O)(=O)c2cc(C(=O)O)ccc2C2CC2)c1. The van der Waals surface area contributed by atoms with Crippen molar-refractivity contribution in [2.75, 3.05) is 22.7 Å². The first-order valence-corrected chi connectivity index (χ1v) is 11.9. The van der Waals surface area contributed by atoms with Gasteiger partial charge in [0.25, 0.3) is 10.0 Å². The van der Waals surface area contributed by atoms with Crippen molar-refractivity contribution in [1.29, 1.82) is 10.5 Å². The second-order valence-electron chi connectivity index (χ2n) is 8.17. The summed E-state index contributed by atoms with van der Waals surface area (Å²) in [4.78, 5) is 13.4. The fourth-order valence-corrected chi connectivity index (χ4v) is 5.43. The number of sulfonamides is 1. The lowest BCUT2D eigenvalue weighted by Gasteiger charge is -2.32. The molecule has 2 fully saturated rings. The molecule has 1 aliphatic carbocycles. The quantitative estimate of drug-likeness (QED) is 0.685. The molecule has 1 heterocycles. The Morgan fingerprint density at radius 3 is 2.38 bits per heavy atom. The Morgan fingerprint density at radius 2 is 1.78 bits per heavy atom. The molecule has 0 bridgehead atoms. The molecule has 2 aromatic carbocycles. The van der Waals surface area contributed by atoms with E-state index in [0.717, 1.165) is 12.8 Å². The van der Waals surface area contributed by atoms with Crippen LogP contribution in [0.2, 0.25) is 0 Å². The van der Waals surface area contributed by atoms with Gasteiger partial charge >= 0.3 is 5.97 Å². The maximum absolute atomic E-state index is 13.4. The zero-order chi connectivity index (χ0) is 22.9. The lowest BCUT2D eigenvalue weighted by Crippen LogP contribution is -2.34. The standard InChI is InChI=1S/C23H22N4O4S/c24-13-15-7-9-27(10-8-15)21-6-1-16(14-25)11-20(21)26-32(30,31)22-12-18(23(28)29)4-5-19(22)17-2-3-17/h1,4-6,11-12,15,17,26H,2-3,7-10H2,(H,28,29). The van der Waals surface area contributed by atoms with Crippen molar-refractivity contribution < 1.29 is 18.3 Å². The molecule has 0 aromatic heterocycles. The highest BCUT2D eigenvalue weighted by Crippen LogP contribution is 2.43. The number of rotatable bonds is 6. The van der Waals surface area contributed by atoms with Gasteiger partial charge in [-0.3, -0.25) is 4.72 Å². The highest BCUT2D eigenvalue weighted by atomic mass is 32.2. The molecule has 2 N–H and O–H groups in total. The third-order valence-electron chi connectivity index (χ3n) is 5.96. The molecule has 0 spiro atoms. The third-order valence-corrected chi connectivity index (χ3v) is 7.38. The predicted octanol–water partition coefficient (Wildman–Crippen LogP) is 3.67. The Bertz CT molecular complexity index is 1250. The second-order valence-corrected chi connectivity index (χ2v) is 9.82. The average Bonchev–Trinajstić information content (AvgIpc) is 3.64. The molecule has 0 radical (unpaired) electrons. The fraction of sp³-hybridized carbons (Fsp3) is 0.348. The summed E-state index contributed by atoms with van der Waals surface area (Å²) in [6.45, 7) is 1.20. The smallest absolute Gasteiger partial charge is 0.335 e. The molecule has 164 valence electrons. The predicted molar refractivity (Wildman–Crippen MR) is 118 cm³/mol. The normalized spacial score (nSPS) is 16.8. The Hall–Kier alpha value is -3.56. The van der Waals surface area contributed by atoms with Gasteiger partial charge in [-0.2, -0.15) is 10.5 Å². The van der Waals surface area contributed by atoms with Crippen molar-refractivity contribution >= 4 is 27.4 Å². The van der Waals surface area contributed by atoms with Crippen LogP contribution in [-0.2, 0) is 10.0 Å². The van der Waals surface area contributed by atoms with Crippen molar-refractivity contribution in [3.8, 4) is 12.1 Å². The monoisotopic (exact) mass is 450 g/mol. The Morgan fingerprint density at radius 1 is 1.06 bits per heavy atom. The molecule has 9 heteroatoms. The van der Waals surface area contributed by atoms with Crippen LogP contribution in [0.5, 0.6) is 0 Å². The molecule has 1 saturated carbocycles. The van der Waals surface area contributed by atoms with Gasteiger partial charge in [-0.1, -0.05) is 6.07 Å². The lowest BCUT2D eigenvalue weighted by molar-refractivity contribution is 0.0696. The molecule has 1 saturated heterocycles. The zero-order valence-electron chi connectivity index (χ0n) is 17.3. The van der Waals surface area contributed by atoms with Gasteiger partial charge in [0.15, 0.2) is 0 Å². The average molecular weight is 451 g/mol. The van der Waals surface area contributed by atoms with Crippen molar-refractivity contribution in [1.82, 2.24) is 0 Å². The van der Waals surface area contributed by atoms with Gasteiger partial charge in [-0.05, 0) is 67.5 Å². The van der Waals surface area contributed by atoms with Crippen molar-refractivity contribution in [3.05, 3.63) is 53.1 Å². The number of carbonyl (C=O) groups is 1. The van der Waals surface area contributed by atoms with E-state index in [-0.39, 0.29) is 28.0 Å². The zero-order valence-corrected chi connectivity index (χ0v) is 18.1. The maximum Gasteiger partial charge on any atom is 0.335 e. The van der Waals surface area contributed by atoms with E-state index >= 15 is 0 Å². The fourth-order valence-electron chi connectivity index (χ4n) is 4.04. The number of piperidine rings is 1. The minimum atomic E-state index is -4.11. The summed E-state index contributed by atoms with van der Waals surface area (Å²) in [5, 5.41) is 27.8. The summed E-state index contributed by atoms with van der Waals surface area (Å²) in [5.74, 6) is -1.12. The molecule has 8 nitrogen and oxygen atoms in total. The van der Waals surface area contributed by atoms with Gasteiger partial charge < -0.3 is 10.0 Å². The molecular weight excluding hydrogens is 428 g/mol. The lowest BCUT2D eigenvalue weighted by atomic mass is 9.98. The van der Waals surface area contributed by atoms with Crippen LogP contribution in [0.3, 0.4) is 0 Å². The van der Waals surface area contributed by atoms with Crippen LogP contribution >= 0.6 is 0 Å². The highest BCUT2D eigenvalue weighted by Gasteiger charge is 2.32. The summed E-state index contributed by atoms with van der Waals surface area (Å²) < 4.78 is 29.4. The first-order valence-electron chi connectivity index (χ1n) is 10.4. The van der Waals surface area contributed by atoms with Gasteiger partial charge in [0, 0.05) is 19.0 Å². The van der Waals surface area contributed by atoms with E-state index in [4.69, 9.17) is 5.26 Å². The number of carboxylic acid groups (broad SMARTS) is 1. The van der Waals surface area contributed by atoms with Crippen molar-refractivity contribution in [3.63, 3.8) is 0 Å². The minimum absolute atomic E-state index is 0.0235. The van der Waals surface area contributed by atoms with Gasteiger partial charge in [0.1, 0.15) is 0 Å². The number of nitriles is 2. The summed E-state index contributed by atoms with van der Waals surface area (Å²) in [6.07, 6.45) is 3.07. The first-order chi connectivity index (χ1) is 15.3. The van der Waals surface area contributed by atoms with Crippen LogP contribution in [-0.4, -0.2) is 32.6 Å². The number of benzene rings is 2. The van der Waals surface area contributed by atoms with Crippen LogP contribution in [0.15, 0.2) is 41.3 Å². The number of carboxylic acids is 1. The molecule has 32 heavy (non-hydrogen) atoms. The van der Waals surface area contributed by atoms with E-state index in [1.807, 2.05) is 11.0 Å². The van der Waals surface area contributed by atoms with Crippen LogP contribution < -0.4 is 9.62 Å². The van der Waals surface area contributed by atoms with Crippen molar-refractivity contribution in [2.24, 2.45) is 5.92 Å². The number of hydrogen-bond acceptors (Lipinski definition) is 6. The van der Waals surface area contributed by atoms with Crippen LogP contribution in [0, 0.1) is 28.6 Å². The van der Waals surface area contributed by atoms with Crippen LogP contribution in [0.4, 0.5) is 11.4 Å². The van der Waals surface area contributed by atoms with Crippen LogP contribution in [0.25, 0.3) is 0 Å². The largest absolute Gasteiger partial charge is 0.478 e.